The lowest BCUT2D eigenvalue weighted by Crippen LogP contribution is -2.07. The van der Waals surface area contributed by atoms with Crippen LogP contribution in [0.25, 0.3) is 0 Å². The molecule has 0 aliphatic heterocycles. The van der Waals surface area contributed by atoms with Crippen molar-refractivity contribution < 1.29 is 8.78 Å². The number of aromatic nitrogens is 3. The van der Waals surface area contributed by atoms with E-state index in [1.807, 2.05) is 0 Å². The molecule has 62 valence electrons. The maximum atomic E-state index is 12.1. The van der Waals surface area contributed by atoms with E-state index in [2.05, 4.69) is 10.2 Å². The van der Waals surface area contributed by atoms with Crippen molar-refractivity contribution in [1.29, 1.82) is 0 Å². The molecule has 2 N–H and O–H groups in total. The molecule has 0 atom stereocenters. The summed E-state index contributed by atoms with van der Waals surface area (Å²) in [5, 5.41) is 6.78. The predicted molar refractivity (Wildman–Crippen MR) is 35.1 cm³/mol. The Morgan fingerprint density at radius 2 is 2.18 bits per heavy atom. The van der Waals surface area contributed by atoms with Crippen LogP contribution in [-0.2, 0) is 6.42 Å². The standard InChI is InChI=1S/C5H8F2N4/c1-2-3-9-10-5(8)11(3)4(6)7/h4H,2H2,1H3,(H2,8,10). The third kappa shape index (κ3) is 1.28. The van der Waals surface area contributed by atoms with Crippen LogP contribution in [-0.4, -0.2) is 14.8 Å². The Morgan fingerprint density at radius 3 is 2.55 bits per heavy atom. The molecule has 1 rings (SSSR count). The van der Waals surface area contributed by atoms with Crippen LogP contribution >= 0.6 is 0 Å². The summed E-state index contributed by atoms with van der Waals surface area (Å²) in [6, 6.07) is 0. The number of halogens is 2. The highest BCUT2D eigenvalue weighted by Crippen LogP contribution is 2.16. The maximum Gasteiger partial charge on any atom is 0.322 e. The molecule has 0 radical (unpaired) electrons. The van der Waals surface area contributed by atoms with Crippen LogP contribution < -0.4 is 5.73 Å². The summed E-state index contributed by atoms with van der Waals surface area (Å²) in [5.74, 6) is -0.0330. The summed E-state index contributed by atoms with van der Waals surface area (Å²) >= 11 is 0. The van der Waals surface area contributed by atoms with Gasteiger partial charge in [0.25, 0.3) is 0 Å². The monoisotopic (exact) mass is 162 g/mol. The van der Waals surface area contributed by atoms with Crippen molar-refractivity contribution in [3.63, 3.8) is 0 Å². The Kier molecular flexibility index (Phi) is 2.02. The average Bonchev–Trinajstić information content (AvgIpc) is 2.30. The van der Waals surface area contributed by atoms with Crippen LogP contribution in [0.1, 0.15) is 19.3 Å². The second kappa shape index (κ2) is 2.81. The van der Waals surface area contributed by atoms with E-state index in [1.54, 1.807) is 6.92 Å². The predicted octanol–water partition coefficient (Wildman–Crippen LogP) is 0.818. The van der Waals surface area contributed by atoms with Gasteiger partial charge in [0.1, 0.15) is 5.82 Å². The quantitative estimate of drug-likeness (QED) is 0.700. The lowest BCUT2D eigenvalue weighted by molar-refractivity contribution is 0.0693. The van der Waals surface area contributed by atoms with Crippen LogP contribution in [0.15, 0.2) is 0 Å². The van der Waals surface area contributed by atoms with Crippen LogP contribution in [0.4, 0.5) is 14.7 Å². The minimum Gasteiger partial charge on any atom is -0.368 e. The highest BCUT2D eigenvalue weighted by atomic mass is 19.3. The van der Waals surface area contributed by atoms with Crippen LogP contribution in [0.5, 0.6) is 0 Å². The molecule has 1 aromatic rings. The van der Waals surface area contributed by atoms with Gasteiger partial charge in [-0.3, -0.25) is 0 Å². The topological polar surface area (TPSA) is 56.7 Å². The van der Waals surface area contributed by atoms with Crippen molar-refractivity contribution in [2.45, 2.75) is 19.9 Å². The van der Waals surface area contributed by atoms with E-state index >= 15 is 0 Å². The molecule has 0 spiro atoms. The van der Waals surface area contributed by atoms with Gasteiger partial charge >= 0.3 is 6.55 Å². The number of alkyl halides is 2. The van der Waals surface area contributed by atoms with Gasteiger partial charge in [-0.25, -0.2) is 4.57 Å². The highest BCUT2D eigenvalue weighted by molar-refractivity contribution is 5.17. The Hall–Kier alpha value is -1.20. The number of aryl methyl sites for hydroxylation is 1. The number of hydrogen-bond donors (Lipinski definition) is 1. The zero-order valence-corrected chi connectivity index (χ0v) is 5.96. The second-order valence-electron chi connectivity index (χ2n) is 1.98. The Bertz CT molecular complexity index is 245. The number of nitrogens with two attached hydrogens (primary N) is 1. The number of rotatable bonds is 2. The maximum absolute atomic E-state index is 12.1. The molecule has 4 nitrogen and oxygen atoms in total. The average molecular weight is 162 g/mol. The third-order valence-electron chi connectivity index (χ3n) is 1.30. The van der Waals surface area contributed by atoms with Gasteiger partial charge in [-0.15, -0.1) is 10.2 Å². The molecular formula is C5H8F2N4. The zero-order chi connectivity index (χ0) is 8.43. The molecule has 0 fully saturated rings. The summed E-state index contributed by atoms with van der Waals surface area (Å²) < 4.78 is 24.8. The minimum absolute atomic E-state index is 0.206. The molecular weight excluding hydrogens is 154 g/mol. The van der Waals surface area contributed by atoms with E-state index in [0.29, 0.717) is 11.0 Å². The van der Waals surface area contributed by atoms with E-state index in [1.165, 1.54) is 0 Å². The number of nitrogen functional groups attached to an aromatic ring is 1. The number of nitrogens with zero attached hydrogens (tertiary/aromatic N) is 3. The normalized spacial score (nSPS) is 10.9. The first-order valence-electron chi connectivity index (χ1n) is 3.14. The minimum atomic E-state index is -2.65. The number of hydrogen-bond acceptors (Lipinski definition) is 3. The molecule has 1 heterocycles. The molecule has 0 aliphatic rings. The van der Waals surface area contributed by atoms with Gasteiger partial charge in [0, 0.05) is 6.42 Å². The fourth-order valence-electron chi connectivity index (χ4n) is 0.791. The van der Waals surface area contributed by atoms with Crippen molar-refractivity contribution in [1.82, 2.24) is 14.8 Å². The van der Waals surface area contributed by atoms with Crippen molar-refractivity contribution in [3.8, 4) is 0 Å². The van der Waals surface area contributed by atoms with Crippen LogP contribution in [0.3, 0.4) is 0 Å². The van der Waals surface area contributed by atoms with E-state index < -0.39 is 6.55 Å². The van der Waals surface area contributed by atoms with Crippen molar-refractivity contribution in [3.05, 3.63) is 5.82 Å². The summed E-state index contributed by atoms with van der Waals surface area (Å²) in [6.07, 6.45) is 0.397. The zero-order valence-electron chi connectivity index (χ0n) is 5.96. The summed E-state index contributed by atoms with van der Waals surface area (Å²) in [7, 11) is 0. The van der Waals surface area contributed by atoms with E-state index in [4.69, 9.17) is 5.73 Å². The van der Waals surface area contributed by atoms with E-state index in [0.717, 1.165) is 0 Å². The van der Waals surface area contributed by atoms with Crippen LogP contribution in [0, 0.1) is 0 Å². The largest absolute Gasteiger partial charge is 0.368 e. The molecule has 11 heavy (non-hydrogen) atoms. The fourth-order valence-corrected chi connectivity index (χ4v) is 0.791. The molecule has 0 unspecified atom stereocenters. The van der Waals surface area contributed by atoms with Crippen LogP contribution in [0.2, 0.25) is 0 Å². The first-order valence-corrected chi connectivity index (χ1v) is 3.14. The van der Waals surface area contributed by atoms with Gasteiger partial charge in [-0.1, -0.05) is 6.92 Å². The van der Waals surface area contributed by atoms with Gasteiger partial charge in [0.2, 0.25) is 5.95 Å². The summed E-state index contributed by atoms with van der Waals surface area (Å²) in [5.41, 5.74) is 5.13. The fraction of sp³-hybridized carbons (Fsp3) is 0.600. The molecule has 0 saturated carbocycles. The van der Waals surface area contributed by atoms with Crippen molar-refractivity contribution >= 4 is 5.95 Å². The summed E-state index contributed by atoms with van der Waals surface area (Å²) in [6.45, 7) is -0.942. The van der Waals surface area contributed by atoms with Gasteiger partial charge in [0.15, 0.2) is 0 Å². The van der Waals surface area contributed by atoms with Gasteiger partial charge in [-0.2, -0.15) is 8.78 Å². The second-order valence-corrected chi connectivity index (χ2v) is 1.98. The smallest absolute Gasteiger partial charge is 0.322 e. The van der Waals surface area contributed by atoms with Gasteiger partial charge < -0.3 is 5.73 Å². The number of anilines is 1. The van der Waals surface area contributed by atoms with E-state index in [9.17, 15) is 8.78 Å². The van der Waals surface area contributed by atoms with Crippen molar-refractivity contribution in [2.24, 2.45) is 0 Å². The van der Waals surface area contributed by atoms with E-state index in [-0.39, 0.29) is 11.8 Å². The first-order chi connectivity index (χ1) is 5.16. The molecule has 0 bridgehead atoms. The molecule has 0 aliphatic carbocycles. The summed E-state index contributed by atoms with van der Waals surface area (Å²) in [4.78, 5) is 0. The van der Waals surface area contributed by atoms with Crippen molar-refractivity contribution in [2.75, 3.05) is 5.73 Å². The molecule has 0 aromatic carbocycles. The Morgan fingerprint density at radius 1 is 1.55 bits per heavy atom. The van der Waals surface area contributed by atoms with Gasteiger partial charge in [0.05, 0.1) is 0 Å². The first kappa shape index (κ1) is 7.90. The van der Waals surface area contributed by atoms with Gasteiger partial charge in [-0.05, 0) is 0 Å². The lowest BCUT2D eigenvalue weighted by atomic mass is 10.4. The highest BCUT2D eigenvalue weighted by Gasteiger charge is 2.15. The Labute approximate surface area is 62.0 Å². The molecule has 1 aromatic heterocycles. The lowest BCUT2D eigenvalue weighted by Gasteiger charge is -2.03. The molecule has 6 heteroatoms. The SMILES string of the molecule is CCc1nnc(N)n1C(F)F. The molecule has 0 amide bonds. The molecule has 0 saturated heterocycles. The third-order valence-corrected chi connectivity index (χ3v) is 1.30. The Balaban J connectivity index is 3.07.